The van der Waals surface area contributed by atoms with Crippen LogP contribution in [-0.2, 0) is 6.42 Å². The third-order valence-electron chi connectivity index (χ3n) is 5.22. The van der Waals surface area contributed by atoms with E-state index < -0.39 is 12.3 Å². The molecule has 0 radical (unpaired) electrons. The van der Waals surface area contributed by atoms with Crippen molar-refractivity contribution in [3.05, 3.63) is 83.9 Å². The minimum Gasteiger partial charge on any atom is -0.379 e. The fraction of sp³-hybridized carbons (Fsp3) is 0.167. The zero-order valence-electron chi connectivity index (χ0n) is 15.3. The Morgan fingerprint density at radius 1 is 0.786 bits per heavy atom. The maximum Gasteiger partial charge on any atom is 0.418 e. The normalized spacial score (nSPS) is 13.2. The average molecular weight is 380 g/mol. The second-order valence-corrected chi connectivity index (χ2v) is 6.83. The number of aliphatic hydroxyl groups excluding tert-OH is 1. The summed E-state index contributed by atoms with van der Waals surface area (Å²) in [6.45, 7) is 1.93. The van der Waals surface area contributed by atoms with E-state index in [0.717, 1.165) is 21.9 Å². The first kappa shape index (κ1) is 18.5. The molecule has 1 N–H and O–H groups in total. The third kappa shape index (κ3) is 2.94. The van der Waals surface area contributed by atoms with E-state index in [1.807, 2.05) is 61.5 Å². The molecule has 2 aliphatic carbocycles. The van der Waals surface area contributed by atoms with Crippen LogP contribution in [0.25, 0.3) is 33.0 Å². The van der Waals surface area contributed by atoms with Gasteiger partial charge in [-0.1, -0.05) is 79.7 Å². The van der Waals surface area contributed by atoms with Gasteiger partial charge in [-0.3, -0.25) is 0 Å². The van der Waals surface area contributed by atoms with Gasteiger partial charge in [0.1, 0.15) is 0 Å². The summed E-state index contributed by atoms with van der Waals surface area (Å²) in [5, 5.41) is 12.2. The first-order valence-electron chi connectivity index (χ1n) is 9.20. The highest BCUT2D eigenvalue weighted by Gasteiger charge is 2.43. The maximum absolute atomic E-state index is 13.6. The fourth-order valence-corrected chi connectivity index (χ4v) is 4.04. The predicted octanol–water partition coefficient (Wildman–Crippen LogP) is 6.77. The molecule has 0 aliphatic heterocycles. The van der Waals surface area contributed by atoms with E-state index in [1.54, 1.807) is 18.2 Å². The van der Waals surface area contributed by atoms with Crippen molar-refractivity contribution in [1.82, 2.24) is 0 Å². The Labute approximate surface area is 161 Å². The minimum atomic E-state index is -4.75. The lowest BCUT2D eigenvalue weighted by Crippen LogP contribution is -2.20. The number of hydrogen-bond donors (Lipinski definition) is 1. The van der Waals surface area contributed by atoms with Gasteiger partial charge in [-0.05, 0) is 45.0 Å². The van der Waals surface area contributed by atoms with Gasteiger partial charge in [-0.2, -0.15) is 13.2 Å². The molecule has 2 aromatic carbocycles. The summed E-state index contributed by atoms with van der Waals surface area (Å²) in [7, 11) is 0. The molecule has 1 nitrogen and oxygen atoms in total. The van der Waals surface area contributed by atoms with Gasteiger partial charge >= 0.3 is 6.18 Å². The van der Waals surface area contributed by atoms with Crippen LogP contribution in [0.3, 0.4) is 0 Å². The van der Waals surface area contributed by atoms with E-state index in [-0.39, 0.29) is 5.56 Å². The topological polar surface area (TPSA) is 20.2 Å². The van der Waals surface area contributed by atoms with Gasteiger partial charge in [0.05, 0.1) is 0 Å². The van der Waals surface area contributed by atoms with Crippen molar-refractivity contribution < 1.29 is 18.3 Å². The van der Waals surface area contributed by atoms with Crippen molar-refractivity contribution in [3.63, 3.8) is 0 Å². The van der Waals surface area contributed by atoms with E-state index in [4.69, 9.17) is 0 Å². The average Bonchev–Trinajstić information content (AvgIpc) is 2.81. The summed E-state index contributed by atoms with van der Waals surface area (Å²) in [5.74, 6) is 0. The molecule has 0 saturated heterocycles. The first-order valence-corrected chi connectivity index (χ1v) is 9.20. The van der Waals surface area contributed by atoms with Crippen LogP contribution in [0.4, 0.5) is 13.2 Å². The molecule has 0 fully saturated rings. The molecule has 4 rings (SSSR count). The van der Waals surface area contributed by atoms with Crippen molar-refractivity contribution in [2.45, 2.75) is 25.6 Å². The largest absolute Gasteiger partial charge is 0.418 e. The third-order valence-corrected chi connectivity index (χ3v) is 5.22. The highest BCUT2D eigenvalue weighted by molar-refractivity contribution is 6.02. The molecule has 2 aromatic rings. The number of hydrogen-bond acceptors (Lipinski definition) is 1. The Kier molecular flexibility index (Phi) is 4.60. The number of alkyl halides is 3. The van der Waals surface area contributed by atoms with Gasteiger partial charge in [0.15, 0.2) is 6.10 Å². The lowest BCUT2D eigenvalue weighted by Gasteiger charge is -2.18. The molecular formula is C24H19F3O. The number of fused-ring (bicyclic) bond motifs is 2. The van der Waals surface area contributed by atoms with Gasteiger partial charge in [0, 0.05) is 5.56 Å². The van der Waals surface area contributed by atoms with Crippen LogP contribution < -0.4 is 0 Å². The predicted molar refractivity (Wildman–Crippen MR) is 106 cm³/mol. The fourth-order valence-electron chi connectivity index (χ4n) is 4.04. The molecule has 2 aliphatic rings. The standard InChI is InChI=1S/C24H19F3O/c1-2-16-18-12-4-3-5-13-20(18)22(23(28)24(25,26)27)21(16)19-14-8-10-15-9-6-7-11-17(15)19/h3-14,23,28H,2H2,1H3. The Morgan fingerprint density at radius 3 is 2.11 bits per heavy atom. The van der Waals surface area contributed by atoms with Crippen LogP contribution in [0.2, 0.25) is 0 Å². The second kappa shape index (κ2) is 6.95. The second-order valence-electron chi connectivity index (χ2n) is 6.83. The van der Waals surface area contributed by atoms with Crippen LogP contribution >= 0.6 is 0 Å². The summed E-state index contributed by atoms with van der Waals surface area (Å²) >= 11 is 0. The Morgan fingerprint density at radius 2 is 1.39 bits per heavy atom. The molecule has 28 heavy (non-hydrogen) atoms. The van der Waals surface area contributed by atoms with E-state index in [2.05, 4.69) is 0 Å². The number of aliphatic hydroxyl groups is 1. The molecule has 0 bridgehead atoms. The van der Waals surface area contributed by atoms with Crippen LogP contribution in [0.1, 0.15) is 24.2 Å². The monoisotopic (exact) mass is 380 g/mol. The molecular weight excluding hydrogens is 361 g/mol. The van der Waals surface area contributed by atoms with E-state index in [0.29, 0.717) is 23.1 Å². The molecule has 0 amide bonds. The van der Waals surface area contributed by atoms with Crippen molar-refractivity contribution >= 4 is 10.8 Å². The summed E-state index contributed by atoms with van der Waals surface area (Å²) < 4.78 is 40.9. The van der Waals surface area contributed by atoms with Gasteiger partial charge in [0.2, 0.25) is 0 Å². The maximum atomic E-state index is 13.6. The molecule has 1 atom stereocenters. The summed E-state index contributed by atoms with van der Waals surface area (Å²) in [4.78, 5) is 0. The summed E-state index contributed by atoms with van der Waals surface area (Å²) in [6, 6.07) is 22.0. The summed E-state index contributed by atoms with van der Waals surface area (Å²) in [6.07, 6.45) is -6.74. The SMILES string of the molecule is CCc1c2cccccc-2c(C(O)C(F)(F)F)c1-c1cccc2ccccc12. The highest BCUT2D eigenvalue weighted by atomic mass is 19.4. The quantitative estimate of drug-likeness (QED) is 0.416. The van der Waals surface area contributed by atoms with E-state index >= 15 is 0 Å². The summed E-state index contributed by atoms with van der Waals surface area (Å²) in [5.41, 5.74) is 3.15. The van der Waals surface area contributed by atoms with E-state index in [9.17, 15) is 18.3 Å². The molecule has 1 unspecified atom stereocenters. The number of rotatable bonds is 3. The van der Waals surface area contributed by atoms with Gasteiger partial charge in [0.25, 0.3) is 0 Å². The van der Waals surface area contributed by atoms with Crippen LogP contribution in [-0.4, -0.2) is 11.3 Å². The number of halogens is 3. The van der Waals surface area contributed by atoms with Crippen molar-refractivity contribution in [2.75, 3.05) is 0 Å². The Balaban J connectivity index is 2.17. The highest BCUT2D eigenvalue weighted by Crippen LogP contribution is 2.50. The smallest absolute Gasteiger partial charge is 0.379 e. The van der Waals surface area contributed by atoms with Crippen molar-refractivity contribution in [2.24, 2.45) is 0 Å². The molecule has 0 spiro atoms. The van der Waals surface area contributed by atoms with Gasteiger partial charge in [-0.25, -0.2) is 0 Å². The lowest BCUT2D eigenvalue weighted by atomic mass is 9.92. The zero-order valence-corrected chi connectivity index (χ0v) is 15.3. The van der Waals surface area contributed by atoms with Crippen LogP contribution in [0.15, 0.2) is 72.8 Å². The lowest BCUT2D eigenvalue weighted by molar-refractivity contribution is -0.206. The zero-order chi connectivity index (χ0) is 19.9. The van der Waals surface area contributed by atoms with Crippen molar-refractivity contribution in [3.8, 4) is 22.3 Å². The molecule has 0 saturated carbocycles. The van der Waals surface area contributed by atoms with Gasteiger partial charge in [-0.15, -0.1) is 0 Å². The Bertz CT molecular complexity index is 1110. The van der Waals surface area contributed by atoms with E-state index in [1.165, 1.54) is 0 Å². The van der Waals surface area contributed by atoms with Crippen LogP contribution in [0.5, 0.6) is 0 Å². The molecule has 0 heterocycles. The van der Waals surface area contributed by atoms with Crippen LogP contribution in [0, 0.1) is 0 Å². The Hall–Kier alpha value is -2.85. The molecule has 142 valence electrons. The van der Waals surface area contributed by atoms with Crippen molar-refractivity contribution in [1.29, 1.82) is 0 Å². The number of benzene rings is 2. The minimum absolute atomic E-state index is 0.0631. The first-order chi connectivity index (χ1) is 13.4. The molecule has 0 aromatic heterocycles. The molecule has 4 heteroatoms. The van der Waals surface area contributed by atoms with Gasteiger partial charge < -0.3 is 5.11 Å².